The summed E-state index contributed by atoms with van der Waals surface area (Å²) in [7, 11) is 6.36. The number of rotatable bonds is 7. The molecule has 33 heavy (non-hydrogen) atoms. The van der Waals surface area contributed by atoms with Gasteiger partial charge < -0.3 is 9.59 Å². The third-order valence-corrected chi connectivity index (χ3v) is 6.19. The largest absolute Gasteiger partial charge is 0.396 e. The van der Waals surface area contributed by atoms with Crippen molar-refractivity contribution in [2.45, 2.75) is 6.42 Å². The van der Waals surface area contributed by atoms with Gasteiger partial charge in [0, 0.05) is 13.0 Å². The van der Waals surface area contributed by atoms with E-state index in [0.29, 0.717) is 6.61 Å². The lowest BCUT2D eigenvalue weighted by molar-refractivity contribution is -0.870. The highest BCUT2D eigenvalue weighted by atomic mass is 16.3. The zero-order valence-corrected chi connectivity index (χ0v) is 20.1. The number of quaternary nitrogens is 1. The summed E-state index contributed by atoms with van der Waals surface area (Å²) in [6.07, 6.45) is -0.309. The first-order valence-corrected chi connectivity index (χ1v) is 11.8. The lowest BCUT2D eigenvalue weighted by Crippen LogP contribution is -2.74. The van der Waals surface area contributed by atoms with Gasteiger partial charge in [-0.25, -0.2) is 0 Å². The maximum Gasteiger partial charge on any atom is 0.108 e. The SMILES string of the molecule is C[N+](C)(C)CCCO.c1ccc([B-](c2ccccc2)(c2ccccc2)c2ccccc2)cc1. The van der Waals surface area contributed by atoms with Gasteiger partial charge in [-0.2, -0.15) is 21.9 Å². The van der Waals surface area contributed by atoms with E-state index < -0.39 is 6.15 Å². The van der Waals surface area contributed by atoms with Crippen LogP contribution in [0.5, 0.6) is 0 Å². The third kappa shape index (κ3) is 6.22. The summed E-state index contributed by atoms with van der Waals surface area (Å²) in [6.45, 7) is 1.37. The molecule has 0 atom stereocenters. The third-order valence-electron chi connectivity index (χ3n) is 6.19. The summed E-state index contributed by atoms with van der Waals surface area (Å²) in [5.41, 5.74) is 5.36. The number of benzene rings is 4. The van der Waals surface area contributed by atoms with Crippen LogP contribution in [0.1, 0.15) is 6.42 Å². The average Bonchev–Trinajstić information content (AvgIpc) is 2.86. The quantitative estimate of drug-likeness (QED) is 0.348. The molecular formula is C30H36BNO. The second kappa shape index (κ2) is 11.6. The second-order valence-electron chi connectivity index (χ2n) is 9.60. The molecule has 4 aromatic rings. The molecule has 2 nitrogen and oxygen atoms in total. The van der Waals surface area contributed by atoms with Crippen LogP contribution in [0.3, 0.4) is 0 Å². The zero-order chi connectivity index (χ0) is 23.6. The lowest BCUT2D eigenvalue weighted by Gasteiger charge is -2.44. The molecule has 0 spiro atoms. The summed E-state index contributed by atoms with van der Waals surface area (Å²) in [6, 6.07) is 43.5. The lowest BCUT2D eigenvalue weighted by atomic mass is 9.13. The van der Waals surface area contributed by atoms with E-state index in [1.54, 1.807) is 0 Å². The summed E-state index contributed by atoms with van der Waals surface area (Å²) >= 11 is 0. The summed E-state index contributed by atoms with van der Waals surface area (Å²) < 4.78 is 0.945. The molecule has 1 N–H and O–H groups in total. The molecular weight excluding hydrogens is 401 g/mol. The first-order valence-electron chi connectivity index (χ1n) is 11.8. The predicted octanol–water partition coefficient (Wildman–Crippen LogP) is 3.14. The Labute approximate surface area is 199 Å². The van der Waals surface area contributed by atoms with Gasteiger partial charge in [-0.15, -0.1) is 0 Å². The molecule has 0 radical (unpaired) electrons. The van der Waals surface area contributed by atoms with Gasteiger partial charge in [-0.3, -0.25) is 0 Å². The van der Waals surface area contributed by atoms with Crippen LogP contribution >= 0.6 is 0 Å². The van der Waals surface area contributed by atoms with Crippen molar-refractivity contribution in [1.82, 2.24) is 0 Å². The second-order valence-corrected chi connectivity index (χ2v) is 9.60. The summed E-state index contributed by atoms with van der Waals surface area (Å²) in [5, 5.41) is 8.42. The Hall–Kier alpha value is -3.14. The Morgan fingerprint density at radius 1 is 0.515 bits per heavy atom. The molecule has 4 rings (SSSR count). The molecule has 0 saturated heterocycles. The summed E-state index contributed by atoms with van der Waals surface area (Å²) in [4.78, 5) is 0. The fourth-order valence-corrected chi connectivity index (χ4v) is 4.67. The number of nitrogens with zero attached hydrogens (tertiary/aromatic N) is 1. The average molecular weight is 437 g/mol. The van der Waals surface area contributed by atoms with Crippen molar-refractivity contribution >= 4 is 28.0 Å². The van der Waals surface area contributed by atoms with Gasteiger partial charge in [-0.1, -0.05) is 121 Å². The Kier molecular flexibility index (Phi) is 8.65. The van der Waals surface area contributed by atoms with E-state index >= 15 is 0 Å². The zero-order valence-electron chi connectivity index (χ0n) is 20.1. The van der Waals surface area contributed by atoms with Crippen molar-refractivity contribution in [1.29, 1.82) is 0 Å². The van der Waals surface area contributed by atoms with Crippen molar-refractivity contribution < 1.29 is 9.59 Å². The predicted molar refractivity (Wildman–Crippen MR) is 145 cm³/mol. The van der Waals surface area contributed by atoms with Gasteiger partial charge >= 0.3 is 0 Å². The number of aliphatic hydroxyl groups excluding tert-OH is 1. The maximum absolute atomic E-state index is 8.42. The molecule has 0 bridgehead atoms. The molecule has 0 saturated carbocycles. The minimum Gasteiger partial charge on any atom is -0.396 e. The minimum atomic E-state index is -1.22. The van der Waals surface area contributed by atoms with Gasteiger partial charge in [0.25, 0.3) is 0 Å². The van der Waals surface area contributed by atoms with Crippen LogP contribution in [-0.4, -0.2) is 50.0 Å². The van der Waals surface area contributed by atoms with E-state index in [2.05, 4.69) is 142 Å². The number of hydrogen-bond donors (Lipinski definition) is 1. The summed E-state index contributed by atoms with van der Waals surface area (Å²) in [5.74, 6) is 0. The van der Waals surface area contributed by atoms with Gasteiger partial charge in [0.15, 0.2) is 0 Å². The van der Waals surface area contributed by atoms with Gasteiger partial charge in [0.2, 0.25) is 0 Å². The van der Waals surface area contributed by atoms with Crippen molar-refractivity contribution in [2.24, 2.45) is 0 Å². The van der Waals surface area contributed by atoms with Crippen LogP contribution in [0.15, 0.2) is 121 Å². The highest BCUT2D eigenvalue weighted by Crippen LogP contribution is 2.09. The van der Waals surface area contributed by atoms with E-state index in [1.165, 1.54) is 21.9 Å². The molecule has 0 aromatic heterocycles. The van der Waals surface area contributed by atoms with E-state index in [-0.39, 0.29) is 0 Å². The number of hydrogen-bond acceptors (Lipinski definition) is 1. The first kappa shape index (κ1) is 24.5. The van der Waals surface area contributed by atoms with E-state index in [1.807, 2.05) is 0 Å². The van der Waals surface area contributed by atoms with Crippen molar-refractivity contribution in [3.05, 3.63) is 121 Å². The normalized spacial score (nSPS) is 11.4. The standard InChI is InChI=1S/C24H20B.C6H16NO/c1-5-13-21(14-6-1)25(22-15-7-2-8-16-22,23-17-9-3-10-18-23)24-19-11-4-12-20-24;1-7(2,3)5-4-6-8/h1-20H;8H,4-6H2,1-3H3/q-1;+1. The van der Waals surface area contributed by atoms with Crippen LogP contribution in [0.2, 0.25) is 0 Å². The van der Waals surface area contributed by atoms with Crippen molar-refractivity contribution in [2.75, 3.05) is 34.3 Å². The molecule has 0 heterocycles. The van der Waals surface area contributed by atoms with Crippen LogP contribution < -0.4 is 21.9 Å². The monoisotopic (exact) mass is 437 g/mol. The van der Waals surface area contributed by atoms with Gasteiger partial charge in [0.05, 0.1) is 27.7 Å². The smallest absolute Gasteiger partial charge is 0.108 e. The maximum atomic E-state index is 8.42. The Bertz CT molecular complexity index is 898. The van der Waals surface area contributed by atoms with Crippen LogP contribution in [0, 0.1) is 0 Å². The Balaban J connectivity index is 0.000000331. The highest BCUT2D eigenvalue weighted by molar-refractivity contribution is 7.19. The topological polar surface area (TPSA) is 20.2 Å². The Morgan fingerprint density at radius 3 is 0.970 bits per heavy atom. The van der Waals surface area contributed by atoms with Gasteiger partial charge in [0.1, 0.15) is 6.15 Å². The van der Waals surface area contributed by atoms with E-state index in [9.17, 15) is 0 Å². The molecule has 4 aromatic carbocycles. The molecule has 0 aliphatic heterocycles. The fraction of sp³-hybridized carbons (Fsp3) is 0.200. The first-order chi connectivity index (χ1) is 16.0. The highest BCUT2D eigenvalue weighted by Gasteiger charge is 2.30. The van der Waals surface area contributed by atoms with Crippen LogP contribution in [0.25, 0.3) is 0 Å². The van der Waals surface area contributed by atoms with Crippen LogP contribution in [0.4, 0.5) is 0 Å². The molecule has 0 fully saturated rings. The van der Waals surface area contributed by atoms with Gasteiger partial charge in [-0.05, 0) is 0 Å². The molecule has 0 amide bonds. The Morgan fingerprint density at radius 2 is 0.788 bits per heavy atom. The van der Waals surface area contributed by atoms with Crippen molar-refractivity contribution in [3.8, 4) is 0 Å². The van der Waals surface area contributed by atoms with E-state index in [0.717, 1.165) is 17.4 Å². The molecule has 0 aliphatic carbocycles. The minimum absolute atomic E-state index is 0.315. The van der Waals surface area contributed by atoms with Crippen LogP contribution in [-0.2, 0) is 0 Å². The molecule has 0 unspecified atom stereocenters. The van der Waals surface area contributed by atoms with E-state index in [4.69, 9.17) is 5.11 Å². The number of aliphatic hydroxyl groups is 1. The molecule has 170 valence electrons. The van der Waals surface area contributed by atoms with Crippen molar-refractivity contribution in [3.63, 3.8) is 0 Å². The fourth-order valence-electron chi connectivity index (χ4n) is 4.67. The molecule has 3 heteroatoms. The molecule has 0 aliphatic rings.